The third kappa shape index (κ3) is 2.17. The summed E-state index contributed by atoms with van der Waals surface area (Å²) in [6.07, 6.45) is 2.81. The molecule has 124 valence electrons. The third-order valence-corrected chi connectivity index (χ3v) is 4.12. The molecule has 4 rings (SSSR count). The van der Waals surface area contributed by atoms with Crippen molar-refractivity contribution in [3.05, 3.63) is 68.5 Å². The molecule has 0 aliphatic heterocycles. The summed E-state index contributed by atoms with van der Waals surface area (Å²) < 4.78 is 2.92. The first kappa shape index (κ1) is 14.9. The molecule has 0 N–H and O–H groups in total. The summed E-state index contributed by atoms with van der Waals surface area (Å²) in [5.41, 5.74) is 1.82. The maximum atomic E-state index is 13.0. The van der Waals surface area contributed by atoms with E-state index in [0.717, 1.165) is 0 Å². The van der Waals surface area contributed by atoms with Crippen LogP contribution >= 0.6 is 0 Å². The molecule has 0 radical (unpaired) electrons. The Hall–Kier alpha value is -3.62. The van der Waals surface area contributed by atoms with E-state index in [2.05, 4.69) is 15.1 Å². The second-order valence-corrected chi connectivity index (χ2v) is 5.68. The maximum absolute atomic E-state index is 13.0. The van der Waals surface area contributed by atoms with E-state index in [1.807, 2.05) is 0 Å². The Kier molecular flexibility index (Phi) is 3.11. The van der Waals surface area contributed by atoms with E-state index < -0.39 is 4.92 Å². The van der Waals surface area contributed by atoms with Crippen LogP contribution in [-0.2, 0) is 0 Å². The van der Waals surface area contributed by atoms with E-state index >= 15 is 0 Å². The quantitative estimate of drug-likeness (QED) is 0.409. The van der Waals surface area contributed by atoms with Crippen LogP contribution in [-0.4, -0.2) is 29.1 Å². The summed E-state index contributed by atoms with van der Waals surface area (Å²) in [6, 6.07) is 6.50. The molecule has 3 aromatic heterocycles. The van der Waals surface area contributed by atoms with Crippen molar-refractivity contribution in [1.82, 2.24) is 24.1 Å². The SMILES string of the molecule is Cc1ccc(-n2c(C)cc3c(cnc4ncnn43)c2=O)cc1[N+](=O)[O-]. The van der Waals surface area contributed by atoms with Crippen LogP contribution in [0, 0.1) is 24.0 Å². The van der Waals surface area contributed by atoms with Crippen molar-refractivity contribution in [3.8, 4) is 5.69 Å². The average molecular weight is 336 g/mol. The van der Waals surface area contributed by atoms with Crippen molar-refractivity contribution in [2.75, 3.05) is 0 Å². The number of nitro benzene ring substituents is 1. The summed E-state index contributed by atoms with van der Waals surface area (Å²) in [5, 5.41) is 15.6. The Morgan fingerprint density at radius 3 is 2.72 bits per heavy atom. The predicted octanol–water partition coefficient (Wildman–Crippen LogP) is 1.95. The smallest absolute Gasteiger partial charge is 0.274 e. The average Bonchev–Trinajstić information content (AvgIpc) is 3.05. The highest BCUT2D eigenvalue weighted by molar-refractivity contribution is 5.79. The van der Waals surface area contributed by atoms with Crippen molar-refractivity contribution in [2.24, 2.45) is 0 Å². The van der Waals surface area contributed by atoms with E-state index in [-0.39, 0.29) is 11.2 Å². The fraction of sp³-hybridized carbons (Fsp3) is 0.125. The van der Waals surface area contributed by atoms with Gasteiger partial charge >= 0.3 is 0 Å². The van der Waals surface area contributed by atoms with Crippen molar-refractivity contribution >= 4 is 22.4 Å². The van der Waals surface area contributed by atoms with Gasteiger partial charge in [-0.15, -0.1) is 0 Å². The standard InChI is InChI=1S/C16H12N6O3/c1-9-3-4-11(6-13(9)22(24)25)20-10(2)5-14-12(15(20)23)7-17-16-18-8-19-21(14)16/h3-8H,1-2H3. The number of aryl methyl sites for hydroxylation is 2. The highest BCUT2D eigenvalue weighted by Gasteiger charge is 2.16. The highest BCUT2D eigenvalue weighted by Crippen LogP contribution is 2.23. The van der Waals surface area contributed by atoms with Gasteiger partial charge in [-0.1, -0.05) is 6.07 Å². The number of nitrogens with zero attached hydrogens (tertiary/aromatic N) is 6. The van der Waals surface area contributed by atoms with E-state index in [1.165, 1.54) is 27.7 Å². The monoisotopic (exact) mass is 336 g/mol. The molecule has 9 heteroatoms. The van der Waals surface area contributed by atoms with Crippen molar-refractivity contribution in [1.29, 1.82) is 0 Å². The predicted molar refractivity (Wildman–Crippen MR) is 90.0 cm³/mol. The number of hydrogen-bond acceptors (Lipinski definition) is 6. The first-order chi connectivity index (χ1) is 12.0. The molecule has 0 amide bonds. The van der Waals surface area contributed by atoms with Gasteiger partial charge in [0, 0.05) is 23.5 Å². The van der Waals surface area contributed by atoms with Gasteiger partial charge in [0.1, 0.15) is 6.33 Å². The highest BCUT2D eigenvalue weighted by atomic mass is 16.6. The zero-order valence-corrected chi connectivity index (χ0v) is 13.4. The number of nitro groups is 1. The first-order valence-corrected chi connectivity index (χ1v) is 7.44. The lowest BCUT2D eigenvalue weighted by atomic mass is 10.1. The van der Waals surface area contributed by atoms with Crippen LogP contribution in [0.25, 0.3) is 22.4 Å². The Labute approximate surface area is 140 Å². The van der Waals surface area contributed by atoms with Crippen LogP contribution in [0.3, 0.4) is 0 Å². The fourth-order valence-electron chi connectivity index (χ4n) is 2.90. The lowest BCUT2D eigenvalue weighted by Crippen LogP contribution is -2.22. The molecule has 0 fully saturated rings. The minimum atomic E-state index is -0.458. The van der Waals surface area contributed by atoms with E-state index in [0.29, 0.717) is 33.6 Å². The molecule has 0 unspecified atom stereocenters. The molecule has 0 saturated carbocycles. The van der Waals surface area contributed by atoms with Crippen LogP contribution in [0.4, 0.5) is 5.69 Å². The molecule has 0 bridgehead atoms. The summed E-state index contributed by atoms with van der Waals surface area (Å²) in [4.78, 5) is 31.8. The third-order valence-electron chi connectivity index (χ3n) is 4.12. The number of benzene rings is 1. The van der Waals surface area contributed by atoms with Gasteiger partial charge in [0.05, 0.1) is 21.5 Å². The van der Waals surface area contributed by atoms with Crippen LogP contribution < -0.4 is 5.56 Å². The molecule has 0 aliphatic carbocycles. The van der Waals surface area contributed by atoms with E-state index in [4.69, 9.17) is 0 Å². The number of aromatic nitrogens is 5. The Bertz CT molecular complexity index is 1220. The molecule has 0 atom stereocenters. The first-order valence-electron chi connectivity index (χ1n) is 7.44. The van der Waals surface area contributed by atoms with Gasteiger partial charge < -0.3 is 0 Å². The number of pyridine rings is 1. The molecule has 9 nitrogen and oxygen atoms in total. The second-order valence-electron chi connectivity index (χ2n) is 5.68. The number of hydrogen-bond donors (Lipinski definition) is 0. The molecule has 25 heavy (non-hydrogen) atoms. The maximum Gasteiger partial charge on any atom is 0.274 e. The van der Waals surface area contributed by atoms with Crippen LogP contribution in [0.5, 0.6) is 0 Å². The van der Waals surface area contributed by atoms with Crippen LogP contribution in [0.1, 0.15) is 11.3 Å². The van der Waals surface area contributed by atoms with Gasteiger partial charge in [0.25, 0.3) is 17.0 Å². The molecule has 4 aromatic rings. The summed E-state index contributed by atoms with van der Waals surface area (Å²) in [5.74, 6) is 0.398. The van der Waals surface area contributed by atoms with Gasteiger partial charge in [-0.25, -0.2) is 4.98 Å². The molecule has 0 saturated heterocycles. The minimum Gasteiger partial charge on any atom is -0.281 e. The van der Waals surface area contributed by atoms with Gasteiger partial charge in [-0.3, -0.25) is 19.5 Å². The lowest BCUT2D eigenvalue weighted by molar-refractivity contribution is -0.385. The number of rotatable bonds is 2. The normalized spacial score (nSPS) is 11.3. The summed E-state index contributed by atoms with van der Waals surface area (Å²) in [7, 11) is 0. The van der Waals surface area contributed by atoms with Crippen LogP contribution in [0.2, 0.25) is 0 Å². The topological polar surface area (TPSA) is 108 Å². The van der Waals surface area contributed by atoms with Crippen molar-refractivity contribution < 1.29 is 4.92 Å². The van der Waals surface area contributed by atoms with Crippen molar-refractivity contribution in [3.63, 3.8) is 0 Å². The Morgan fingerprint density at radius 1 is 1.16 bits per heavy atom. The van der Waals surface area contributed by atoms with E-state index in [9.17, 15) is 14.9 Å². The minimum absolute atomic E-state index is 0.0336. The fourth-order valence-corrected chi connectivity index (χ4v) is 2.90. The van der Waals surface area contributed by atoms with Crippen LogP contribution in [0.15, 0.2) is 41.6 Å². The summed E-state index contributed by atoms with van der Waals surface area (Å²) in [6.45, 7) is 3.42. The van der Waals surface area contributed by atoms with Gasteiger partial charge in [-0.05, 0) is 26.0 Å². The molecule has 1 aromatic carbocycles. The van der Waals surface area contributed by atoms with Gasteiger partial charge in [0.2, 0.25) is 0 Å². The van der Waals surface area contributed by atoms with Gasteiger partial charge in [0.15, 0.2) is 0 Å². The molecule has 3 heterocycles. The zero-order valence-electron chi connectivity index (χ0n) is 13.4. The van der Waals surface area contributed by atoms with E-state index in [1.54, 1.807) is 32.0 Å². The van der Waals surface area contributed by atoms with Gasteiger partial charge in [-0.2, -0.15) is 14.6 Å². The number of fused-ring (bicyclic) bond motifs is 3. The summed E-state index contributed by atoms with van der Waals surface area (Å²) >= 11 is 0. The Balaban J connectivity index is 2.06. The molecule has 0 aliphatic rings. The second kappa shape index (κ2) is 5.20. The molecule has 0 spiro atoms. The molecular weight excluding hydrogens is 324 g/mol. The largest absolute Gasteiger partial charge is 0.281 e. The molecular formula is C16H12N6O3. The van der Waals surface area contributed by atoms with Crippen molar-refractivity contribution in [2.45, 2.75) is 13.8 Å². The Morgan fingerprint density at radius 2 is 1.96 bits per heavy atom. The lowest BCUT2D eigenvalue weighted by Gasteiger charge is -2.12. The zero-order chi connectivity index (χ0) is 17.7.